The van der Waals surface area contributed by atoms with Gasteiger partial charge in [-0.05, 0) is 37.8 Å². The van der Waals surface area contributed by atoms with Crippen molar-refractivity contribution in [1.82, 2.24) is 10.3 Å². The Morgan fingerprint density at radius 2 is 2.11 bits per heavy atom. The van der Waals surface area contributed by atoms with Gasteiger partial charge in [0.15, 0.2) is 0 Å². The zero-order chi connectivity index (χ0) is 13.1. The first-order chi connectivity index (χ1) is 9.38. The summed E-state index contributed by atoms with van der Waals surface area (Å²) in [6.07, 6.45) is 11.1. The molecule has 0 amide bonds. The van der Waals surface area contributed by atoms with Crippen LogP contribution in [0.25, 0.3) is 0 Å². The minimum absolute atomic E-state index is 0.910. The standard InChI is InChI=1S/C16H25N3/c1-17-10-15-11-18-8-6-16(15)19-9-7-13-4-2-3-5-14(13)12-19/h6,8,11,13-14,17H,2-5,7,9-10,12H2,1H3. The van der Waals surface area contributed by atoms with Crippen LogP contribution in [-0.2, 0) is 6.54 Å². The molecule has 2 unspecified atom stereocenters. The second-order valence-electron chi connectivity index (χ2n) is 6.07. The van der Waals surface area contributed by atoms with Crippen molar-refractivity contribution in [2.24, 2.45) is 11.8 Å². The Morgan fingerprint density at radius 1 is 1.26 bits per heavy atom. The first-order valence-electron chi connectivity index (χ1n) is 7.71. The van der Waals surface area contributed by atoms with E-state index in [0.717, 1.165) is 18.4 Å². The van der Waals surface area contributed by atoms with Crippen LogP contribution < -0.4 is 10.2 Å². The maximum Gasteiger partial charge on any atom is 0.0442 e. The molecular weight excluding hydrogens is 234 g/mol. The monoisotopic (exact) mass is 259 g/mol. The van der Waals surface area contributed by atoms with Gasteiger partial charge in [-0.2, -0.15) is 0 Å². The lowest BCUT2D eigenvalue weighted by molar-refractivity contribution is 0.202. The average Bonchev–Trinajstić information content (AvgIpc) is 2.48. The topological polar surface area (TPSA) is 28.2 Å². The molecule has 2 aliphatic rings. The van der Waals surface area contributed by atoms with Gasteiger partial charge in [0.2, 0.25) is 0 Å². The predicted molar refractivity (Wildman–Crippen MR) is 79.3 cm³/mol. The van der Waals surface area contributed by atoms with Gasteiger partial charge in [-0.3, -0.25) is 4.98 Å². The molecule has 1 aromatic rings. The summed E-state index contributed by atoms with van der Waals surface area (Å²) in [6, 6.07) is 2.19. The summed E-state index contributed by atoms with van der Waals surface area (Å²) in [7, 11) is 2.00. The van der Waals surface area contributed by atoms with Crippen molar-refractivity contribution < 1.29 is 0 Å². The van der Waals surface area contributed by atoms with E-state index in [1.807, 2.05) is 19.4 Å². The maximum atomic E-state index is 4.27. The molecule has 3 nitrogen and oxygen atoms in total. The summed E-state index contributed by atoms with van der Waals surface area (Å²) in [4.78, 5) is 6.87. The third kappa shape index (κ3) is 2.76. The molecule has 2 fully saturated rings. The Labute approximate surface area is 116 Å². The summed E-state index contributed by atoms with van der Waals surface area (Å²) >= 11 is 0. The van der Waals surface area contributed by atoms with Crippen molar-refractivity contribution in [2.45, 2.75) is 38.6 Å². The number of hydrogen-bond donors (Lipinski definition) is 1. The van der Waals surface area contributed by atoms with Gasteiger partial charge in [0.05, 0.1) is 0 Å². The normalized spacial score (nSPS) is 27.1. The Morgan fingerprint density at radius 3 is 2.95 bits per heavy atom. The smallest absolute Gasteiger partial charge is 0.0442 e. The number of nitrogens with zero attached hydrogens (tertiary/aromatic N) is 2. The highest BCUT2D eigenvalue weighted by Crippen LogP contribution is 2.37. The number of aromatic nitrogens is 1. The molecule has 0 aromatic carbocycles. The van der Waals surface area contributed by atoms with Gasteiger partial charge < -0.3 is 10.2 Å². The quantitative estimate of drug-likeness (QED) is 0.904. The number of piperidine rings is 1. The lowest BCUT2D eigenvalue weighted by atomic mass is 9.75. The summed E-state index contributed by atoms with van der Waals surface area (Å²) in [5.74, 6) is 1.93. The highest BCUT2D eigenvalue weighted by molar-refractivity contribution is 5.52. The molecule has 2 atom stereocenters. The second-order valence-corrected chi connectivity index (χ2v) is 6.07. The Bertz CT molecular complexity index is 418. The van der Waals surface area contributed by atoms with E-state index >= 15 is 0 Å². The molecule has 0 bridgehead atoms. The van der Waals surface area contributed by atoms with Crippen LogP contribution in [0.5, 0.6) is 0 Å². The summed E-state index contributed by atoms with van der Waals surface area (Å²) in [5.41, 5.74) is 2.73. The van der Waals surface area contributed by atoms with Crippen molar-refractivity contribution in [3.63, 3.8) is 0 Å². The van der Waals surface area contributed by atoms with Crippen LogP contribution in [0.1, 0.15) is 37.7 Å². The number of fused-ring (bicyclic) bond motifs is 1. The van der Waals surface area contributed by atoms with Crippen molar-refractivity contribution in [3.05, 3.63) is 24.0 Å². The third-order valence-corrected chi connectivity index (χ3v) is 4.88. The van der Waals surface area contributed by atoms with Gasteiger partial charge in [0.1, 0.15) is 0 Å². The summed E-state index contributed by atoms with van der Waals surface area (Å²) in [5, 5.41) is 3.25. The van der Waals surface area contributed by atoms with Gasteiger partial charge in [-0.25, -0.2) is 0 Å². The Kier molecular flexibility index (Phi) is 4.02. The first-order valence-corrected chi connectivity index (χ1v) is 7.71. The molecule has 1 N–H and O–H groups in total. The van der Waals surface area contributed by atoms with Gasteiger partial charge in [-0.15, -0.1) is 0 Å². The zero-order valence-electron chi connectivity index (χ0n) is 11.9. The number of rotatable bonds is 3. The van der Waals surface area contributed by atoms with Crippen LogP contribution in [0.3, 0.4) is 0 Å². The van der Waals surface area contributed by atoms with E-state index in [9.17, 15) is 0 Å². The lowest BCUT2D eigenvalue weighted by Crippen LogP contribution is -2.42. The molecule has 1 aromatic heterocycles. The summed E-state index contributed by atoms with van der Waals surface area (Å²) in [6.45, 7) is 3.39. The fourth-order valence-electron chi connectivity index (χ4n) is 3.87. The molecule has 1 saturated heterocycles. The second kappa shape index (κ2) is 5.91. The van der Waals surface area contributed by atoms with Crippen LogP contribution >= 0.6 is 0 Å². The van der Waals surface area contributed by atoms with Crippen LogP contribution in [0.4, 0.5) is 5.69 Å². The summed E-state index contributed by atoms with van der Waals surface area (Å²) < 4.78 is 0. The van der Waals surface area contributed by atoms with E-state index in [0.29, 0.717) is 0 Å². The highest BCUT2D eigenvalue weighted by atomic mass is 15.1. The molecule has 2 heterocycles. The number of pyridine rings is 1. The molecule has 3 rings (SSSR count). The average molecular weight is 259 g/mol. The van der Waals surface area contributed by atoms with E-state index < -0.39 is 0 Å². The molecule has 3 heteroatoms. The molecule has 0 radical (unpaired) electrons. The van der Waals surface area contributed by atoms with Crippen LogP contribution in [0.15, 0.2) is 18.5 Å². The maximum absolute atomic E-state index is 4.27. The third-order valence-electron chi connectivity index (χ3n) is 4.88. The SMILES string of the molecule is CNCc1cnccc1N1CCC2CCCCC2C1. The molecule has 1 aliphatic carbocycles. The Balaban J connectivity index is 1.75. The number of hydrogen-bond acceptors (Lipinski definition) is 3. The van der Waals surface area contributed by atoms with Crippen LogP contribution in [-0.4, -0.2) is 25.1 Å². The van der Waals surface area contributed by atoms with E-state index in [1.165, 1.54) is 56.4 Å². The van der Waals surface area contributed by atoms with Crippen molar-refractivity contribution in [1.29, 1.82) is 0 Å². The highest BCUT2D eigenvalue weighted by Gasteiger charge is 2.31. The van der Waals surface area contributed by atoms with E-state index in [4.69, 9.17) is 0 Å². The van der Waals surface area contributed by atoms with Crippen molar-refractivity contribution in [2.75, 3.05) is 25.0 Å². The molecule has 19 heavy (non-hydrogen) atoms. The van der Waals surface area contributed by atoms with Gasteiger partial charge in [0.25, 0.3) is 0 Å². The predicted octanol–water partition coefficient (Wildman–Crippen LogP) is 2.82. The van der Waals surface area contributed by atoms with Crippen molar-refractivity contribution >= 4 is 5.69 Å². The van der Waals surface area contributed by atoms with E-state index in [1.54, 1.807) is 0 Å². The minimum atomic E-state index is 0.910. The number of anilines is 1. The van der Waals surface area contributed by atoms with E-state index in [-0.39, 0.29) is 0 Å². The van der Waals surface area contributed by atoms with Crippen LogP contribution in [0, 0.1) is 11.8 Å². The molecular formula is C16H25N3. The molecule has 1 aliphatic heterocycles. The first kappa shape index (κ1) is 12.9. The Hall–Kier alpha value is -1.09. The largest absolute Gasteiger partial charge is 0.371 e. The molecule has 1 saturated carbocycles. The van der Waals surface area contributed by atoms with E-state index in [2.05, 4.69) is 21.3 Å². The van der Waals surface area contributed by atoms with Gasteiger partial charge in [0, 0.05) is 43.3 Å². The van der Waals surface area contributed by atoms with Crippen LogP contribution in [0.2, 0.25) is 0 Å². The number of nitrogens with one attached hydrogen (secondary N) is 1. The van der Waals surface area contributed by atoms with Crippen molar-refractivity contribution in [3.8, 4) is 0 Å². The zero-order valence-corrected chi connectivity index (χ0v) is 11.9. The van der Waals surface area contributed by atoms with Gasteiger partial charge in [-0.1, -0.05) is 19.3 Å². The fourth-order valence-corrected chi connectivity index (χ4v) is 3.87. The fraction of sp³-hybridized carbons (Fsp3) is 0.688. The molecule has 104 valence electrons. The lowest BCUT2D eigenvalue weighted by Gasteiger charge is -2.42. The molecule has 0 spiro atoms. The van der Waals surface area contributed by atoms with Gasteiger partial charge >= 0.3 is 0 Å². The minimum Gasteiger partial charge on any atom is -0.371 e.